The standard InChI is InChI=1S/C19H24N4O2S.HI/c1-20-19(22-12-15-7-9-26-13-15)21-11-14-4-2-5-16(10-14)23-18(24)17-6-3-8-25-17;/h2,4-5,7,9-10,13,17H,3,6,8,11-12H2,1H3,(H,23,24)(H2,20,21,22);1H. The number of carbonyl (C=O) groups is 1. The van der Waals surface area contributed by atoms with Gasteiger partial charge in [-0.25, -0.2) is 0 Å². The van der Waals surface area contributed by atoms with Gasteiger partial charge in [0.05, 0.1) is 0 Å². The van der Waals surface area contributed by atoms with Crippen LogP contribution >= 0.6 is 35.3 Å². The van der Waals surface area contributed by atoms with Crippen molar-refractivity contribution in [3.05, 3.63) is 52.2 Å². The number of thiophene rings is 1. The highest BCUT2D eigenvalue weighted by molar-refractivity contribution is 14.0. The second-order valence-corrected chi connectivity index (χ2v) is 6.88. The van der Waals surface area contributed by atoms with Gasteiger partial charge in [0.25, 0.3) is 5.91 Å². The fraction of sp³-hybridized carbons (Fsp3) is 0.368. The normalized spacial score (nSPS) is 16.5. The van der Waals surface area contributed by atoms with E-state index in [1.807, 2.05) is 24.3 Å². The molecule has 1 amide bonds. The quantitative estimate of drug-likeness (QED) is 0.323. The third-order valence-corrected chi connectivity index (χ3v) is 4.87. The fourth-order valence-electron chi connectivity index (χ4n) is 2.75. The number of aliphatic imine (C=N–C) groups is 1. The van der Waals surface area contributed by atoms with Crippen LogP contribution in [0.3, 0.4) is 0 Å². The van der Waals surface area contributed by atoms with Crippen molar-refractivity contribution in [3.8, 4) is 0 Å². The molecule has 1 fully saturated rings. The molecule has 1 aromatic heterocycles. The number of nitrogens with one attached hydrogen (secondary N) is 3. The number of guanidine groups is 1. The van der Waals surface area contributed by atoms with Crippen molar-refractivity contribution in [1.82, 2.24) is 10.6 Å². The van der Waals surface area contributed by atoms with E-state index in [1.54, 1.807) is 18.4 Å². The highest BCUT2D eigenvalue weighted by atomic mass is 127. The maximum absolute atomic E-state index is 12.2. The number of hydrogen-bond acceptors (Lipinski definition) is 4. The van der Waals surface area contributed by atoms with Crippen LogP contribution in [0, 0.1) is 0 Å². The van der Waals surface area contributed by atoms with Crippen molar-refractivity contribution in [1.29, 1.82) is 0 Å². The molecule has 146 valence electrons. The van der Waals surface area contributed by atoms with Crippen molar-refractivity contribution in [2.24, 2.45) is 4.99 Å². The Morgan fingerprint density at radius 2 is 2.07 bits per heavy atom. The Morgan fingerprint density at radius 1 is 1.26 bits per heavy atom. The topological polar surface area (TPSA) is 74.8 Å². The van der Waals surface area contributed by atoms with E-state index in [9.17, 15) is 4.79 Å². The van der Waals surface area contributed by atoms with Gasteiger partial charge in [-0.1, -0.05) is 12.1 Å². The number of nitrogens with zero attached hydrogens (tertiary/aromatic N) is 1. The Kier molecular flexibility index (Phi) is 9.02. The van der Waals surface area contributed by atoms with Gasteiger partial charge in [-0.15, -0.1) is 24.0 Å². The molecule has 1 saturated heterocycles. The molecule has 0 radical (unpaired) electrons. The Bertz CT molecular complexity index is 746. The molecule has 8 heteroatoms. The molecule has 0 saturated carbocycles. The van der Waals surface area contributed by atoms with Gasteiger partial charge in [-0.3, -0.25) is 9.79 Å². The van der Waals surface area contributed by atoms with Gasteiger partial charge < -0.3 is 20.7 Å². The maximum atomic E-state index is 12.2. The highest BCUT2D eigenvalue weighted by Gasteiger charge is 2.23. The van der Waals surface area contributed by atoms with Gasteiger partial charge in [0, 0.05) is 32.4 Å². The lowest BCUT2D eigenvalue weighted by atomic mass is 10.2. The average molecular weight is 500 g/mol. The zero-order valence-corrected chi connectivity index (χ0v) is 18.4. The number of anilines is 1. The van der Waals surface area contributed by atoms with Crippen LogP contribution in [0.1, 0.15) is 24.0 Å². The monoisotopic (exact) mass is 500 g/mol. The summed E-state index contributed by atoms with van der Waals surface area (Å²) in [6.07, 6.45) is 1.41. The molecule has 1 aliphatic rings. The number of amides is 1. The summed E-state index contributed by atoms with van der Waals surface area (Å²) >= 11 is 1.68. The second kappa shape index (κ2) is 11.3. The van der Waals surface area contributed by atoms with Crippen LogP contribution < -0.4 is 16.0 Å². The SMILES string of the molecule is CN=C(NCc1ccsc1)NCc1cccc(NC(=O)C2CCCO2)c1.I. The molecule has 3 rings (SSSR count). The van der Waals surface area contributed by atoms with Crippen LogP contribution in [-0.4, -0.2) is 31.6 Å². The summed E-state index contributed by atoms with van der Waals surface area (Å²) < 4.78 is 5.42. The smallest absolute Gasteiger partial charge is 0.253 e. The van der Waals surface area contributed by atoms with Crippen LogP contribution in [-0.2, 0) is 22.6 Å². The molecule has 0 spiro atoms. The average Bonchev–Trinajstić information content (AvgIpc) is 3.36. The number of ether oxygens (including phenoxy) is 1. The molecule has 0 bridgehead atoms. The maximum Gasteiger partial charge on any atom is 0.253 e. The van der Waals surface area contributed by atoms with Crippen molar-refractivity contribution in [2.75, 3.05) is 19.0 Å². The highest BCUT2D eigenvalue weighted by Crippen LogP contribution is 2.16. The first kappa shape index (κ1) is 21.6. The number of carbonyl (C=O) groups excluding carboxylic acids is 1. The Hall–Kier alpha value is -1.65. The second-order valence-electron chi connectivity index (χ2n) is 6.10. The summed E-state index contributed by atoms with van der Waals surface area (Å²) in [5.41, 5.74) is 3.08. The molecule has 27 heavy (non-hydrogen) atoms. The molecule has 0 aliphatic carbocycles. The molecular formula is C19H25IN4O2S. The molecule has 2 heterocycles. The summed E-state index contributed by atoms with van der Waals surface area (Å²) in [5.74, 6) is 0.672. The van der Waals surface area contributed by atoms with Crippen LogP contribution in [0.4, 0.5) is 5.69 Å². The van der Waals surface area contributed by atoms with Gasteiger partial charge in [-0.05, 0) is 52.9 Å². The summed E-state index contributed by atoms with van der Waals surface area (Å²) in [7, 11) is 1.75. The molecular weight excluding hydrogens is 475 g/mol. The van der Waals surface area contributed by atoms with E-state index in [2.05, 4.69) is 37.8 Å². The van der Waals surface area contributed by atoms with Crippen molar-refractivity contribution in [3.63, 3.8) is 0 Å². The molecule has 1 aromatic carbocycles. The minimum absolute atomic E-state index is 0. The van der Waals surface area contributed by atoms with Crippen molar-refractivity contribution >= 4 is 52.9 Å². The van der Waals surface area contributed by atoms with Crippen LogP contribution in [0.2, 0.25) is 0 Å². The first-order valence-corrected chi connectivity index (χ1v) is 9.66. The van der Waals surface area contributed by atoms with E-state index in [1.165, 1.54) is 5.56 Å². The molecule has 6 nitrogen and oxygen atoms in total. The van der Waals surface area contributed by atoms with E-state index in [-0.39, 0.29) is 36.0 Å². The van der Waals surface area contributed by atoms with Crippen LogP contribution in [0.5, 0.6) is 0 Å². The van der Waals surface area contributed by atoms with E-state index in [0.717, 1.165) is 36.6 Å². The summed E-state index contributed by atoms with van der Waals surface area (Å²) in [6.45, 7) is 2.02. The summed E-state index contributed by atoms with van der Waals surface area (Å²) in [4.78, 5) is 16.4. The van der Waals surface area contributed by atoms with Crippen molar-refractivity contribution in [2.45, 2.75) is 32.0 Å². The van der Waals surface area contributed by atoms with Crippen LogP contribution in [0.15, 0.2) is 46.1 Å². The third-order valence-electron chi connectivity index (χ3n) is 4.14. The number of hydrogen-bond donors (Lipinski definition) is 3. The molecule has 1 aliphatic heterocycles. The molecule has 3 N–H and O–H groups in total. The number of benzene rings is 1. The minimum Gasteiger partial charge on any atom is -0.368 e. The summed E-state index contributed by atoms with van der Waals surface area (Å²) in [6, 6.07) is 9.89. The molecule has 1 atom stereocenters. The lowest BCUT2D eigenvalue weighted by Crippen LogP contribution is -2.36. The van der Waals surface area contributed by atoms with E-state index in [0.29, 0.717) is 13.2 Å². The predicted octanol–water partition coefficient (Wildman–Crippen LogP) is 3.35. The van der Waals surface area contributed by atoms with Crippen LogP contribution in [0.25, 0.3) is 0 Å². The Labute approximate surface area is 180 Å². The predicted molar refractivity (Wildman–Crippen MR) is 121 cm³/mol. The van der Waals surface area contributed by atoms with E-state index in [4.69, 9.17) is 4.74 Å². The fourth-order valence-corrected chi connectivity index (χ4v) is 3.42. The first-order chi connectivity index (χ1) is 12.7. The largest absolute Gasteiger partial charge is 0.368 e. The molecule has 1 unspecified atom stereocenters. The van der Waals surface area contributed by atoms with Crippen molar-refractivity contribution < 1.29 is 9.53 Å². The zero-order valence-electron chi connectivity index (χ0n) is 15.2. The lowest BCUT2D eigenvalue weighted by molar-refractivity contribution is -0.124. The minimum atomic E-state index is -0.322. The van der Waals surface area contributed by atoms with Gasteiger partial charge in [0.15, 0.2) is 5.96 Å². The first-order valence-electron chi connectivity index (χ1n) is 8.71. The Morgan fingerprint density at radius 3 is 2.74 bits per heavy atom. The Balaban J connectivity index is 0.00000261. The number of halogens is 1. The van der Waals surface area contributed by atoms with Gasteiger partial charge >= 0.3 is 0 Å². The summed E-state index contributed by atoms with van der Waals surface area (Å²) in [5, 5.41) is 13.7. The van der Waals surface area contributed by atoms with Gasteiger partial charge in [0.2, 0.25) is 0 Å². The zero-order chi connectivity index (χ0) is 18.2. The number of rotatable bonds is 6. The van der Waals surface area contributed by atoms with E-state index >= 15 is 0 Å². The molecule has 2 aromatic rings. The third kappa shape index (κ3) is 6.78. The van der Waals surface area contributed by atoms with Gasteiger partial charge in [0.1, 0.15) is 6.10 Å². The van der Waals surface area contributed by atoms with E-state index < -0.39 is 0 Å². The van der Waals surface area contributed by atoms with Gasteiger partial charge in [-0.2, -0.15) is 11.3 Å². The lowest BCUT2D eigenvalue weighted by Gasteiger charge is -2.13.